The summed E-state index contributed by atoms with van der Waals surface area (Å²) >= 11 is 0. The first-order valence-electron chi connectivity index (χ1n) is 5.38. The predicted octanol–water partition coefficient (Wildman–Crippen LogP) is 0.112. The van der Waals surface area contributed by atoms with Crippen molar-refractivity contribution < 1.29 is 14.6 Å². The van der Waals surface area contributed by atoms with Crippen LogP contribution in [-0.4, -0.2) is 31.2 Å². The number of aryl methyl sites for hydroxylation is 1. The second-order valence-corrected chi connectivity index (χ2v) is 3.77. The fourth-order valence-corrected chi connectivity index (χ4v) is 1.51. The lowest BCUT2D eigenvalue weighted by molar-refractivity contribution is -0.120. The smallest absolute Gasteiger partial charge is 0.233 e. The van der Waals surface area contributed by atoms with E-state index in [1.807, 2.05) is 19.1 Å². The lowest BCUT2D eigenvalue weighted by atomic mass is 10.1. The van der Waals surface area contributed by atoms with Gasteiger partial charge in [-0.15, -0.1) is 0 Å². The summed E-state index contributed by atoms with van der Waals surface area (Å²) in [6.45, 7) is 1.96. The molecule has 1 amide bonds. The minimum atomic E-state index is -0.805. The molecule has 0 fully saturated rings. The van der Waals surface area contributed by atoms with Gasteiger partial charge in [-0.1, -0.05) is 11.6 Å². The number of nitrogens with one attached hydrogen (secondary N) is 1. The van der Waals surface area contributed by atoms with Gasteiger partial charge in [-0.3, -0.25) is 4.79 Å². The van der Waals surface area contributed by atoms with E-state index in [0.717, 1.165) is 5.56 Å². The quantitative estimate of drug-likeness (QED) is 0.680. The van der Waals surface area contributed by atoms with Crippen LogP contribution in [0.4, 0.5) is 0 Å². The highest BCUT2D eigenvalue weighted by Gasteiger charge is 2.14. The number of nitrogens with two attached hydrogens (primary N) is 1. The number of methoxy groups -OCH3 is 1. The van der Waals surface area contributed by atoms with E-state index >= 15 is 0 Å². The van der Waals surface area contributed by atoms with Crippen molar-refractivity contribution >= 4 is 5.91 Å². The van der Waals surface area contributed by atoms with Crippen molar-refractivity contribution in [3.05, 3.63) is 29.3 Å². The number of aliphatic hydroxyl groups excluding tert-OH is 1. The molecule has 0 heterocycles. The summed E-state index contributed by atoms with van der Waals surface area (Å²) in [6.07, 6.45) is -0.805. The highest BCUT2D eigenvalue weighted by atomic mass is 16.5. The summed E-state index contributed by atoms with van der Waals surface area (Å²) in [5, 5.41) is 12.5. The molecular weight excluding hydrogens is 220 g/mol. The SMILES string of the molecule is COc1ccc(C)cc1C(O)CNC(=O)CN. The molecule has 17 heavy (non-hydrogen) atoms. The Labute approximate surface area is 101 Å². The third-order valence-electron chi connectivity index (χ3n) is 2.42. The molecule has 0 saturated heterocycles. The number of carbonyl (C=O) groups excluding carboxylic acids is 1. The van der Waals surface area contributed by atoms with Gasteiger partial charge in [0, 0.05) is 12.1 Å². The normalized spacial score (nSPS) is 12.0. The largest absolute Gasteiger partial charge is 0.496 e. The predicted molar refractivity (Wildman–Crippen MR) is 64.8 cm³/mol. The van der Waals surface area contributed by atoms with Crippen LogP contribution >= 0.6 is 0 Å². The van der Waals surface area contributed by atoms with Crippen molar-refractivity contribution in [2.75, 3.05) is 20.2 Å². The van der Waals surface area contributed by atoms with Gasteiger partial charge in [0.1, 0.15) is 5.75 Å². The number of benzene rings is 1. The lowest BCUT2D eigenvalue weighted by Gasteiger charge is -2.16. The van der Waals surface area contributed by atoms with Crippen LogP contribution in [0, 0.1) is 6.92 Å². The number of aliphatic hydroxyl groups is 1. The molecule has 0 aromatic heterocycles. The summed E-state index contributed by atoms with van der Waals surface area (Å²) in [5.74, 6) is 0.306. The van der Waals surface area contributed by atoms with Crippen LogP contribution < -0.4 is 15.8 Å². The van der Waals surface area contributed by atoms with Crippen molar-refractivity contribution in [3.63, 3.8) is 0 Å². The maximum absolute atomic E-state index is 11.0. The number of amides is 1. The average molecular weight is 238 g/mol. The molecule has 1 aromatic rings. The van der Waals surface area contributed by atoms with Crippen molar-refractivity contribution in [3.8, 4) is 5.75 Å². The topological polar surface area (TPSA) is 84.6 Å². The van der Waals surface area contributed by atoms with Gasteiger partial charge in [-0.25, -0.2) is 0 Å². The van der Waals surface area contributed by atoms with Gasteiger partial charge in [0.05, 0.1) is 19.8 Å². The van der Waals surface area contributed by atoms with E-state index in [1.54, 1.807) is 13.2 Å². The Morgan fingerprint density at radius 1 is 1.59 bits per heavy atom. The number of ether oxygens (including phenoxy) is 1. The fraction of sp³-hybridized carbons (Fsp3) is 0.417. The molecule has 94 valence electrons. The third-order valence-corrected chi connectivity index (χ3v) is 2.42. The van der Waals surface area contributed by atoms with Gasteiger partial charge in [-0.2, -0.15) is 0 Å². The molecule has 5 nitrogen and oxygen atoms in total. The lowest BCUT2D eigenvalue weighted by Crippen LogP contribution is -2.33. The monoisotopic (exact) mass is 238 g/mol. The summed E-state index contributed by atoms with van der Waals surface area (Å²) in [5.41, 5.74) is 6.83. The standard InChI is InChI=1S/C12H18N2O3/c1-8-3-4-11(17-2)9(5-8)10(15)7-14-12(16)6-13/h3-5,10,15H,6-7,13H2,1-2H3,(H,14,16). The summed E-state index contributed by atoms with van der Waals surface area (Å²) in [4.78, 5) is 11.0. The maximum Gasteiger partial charge on any atom is 0.233 e. The van der Waals surface area contributed by atoms with E-state index < -0.39 is 6.10 Å². The van der Waals surface area contributed by atoms with Crippen LogP contribution in [0.3, 0.4) is 0 Å². The molecule has 1 aromatic carbocycles. The molecule has 4 N–H and O–H groups in total. The molecule has 0 aliphatic carbocycles. The van der Waals surface area contributed by atoms with Crippen molar-refractivity contribution in [2.24, 2.45) is 5.73 Å². The average Bonchev–Trinajstić information content (AvgIpc) is 2.35. The second kappa shape index (κ2) is 6.22. The van der Waals surface area contributed by atoms with Gasteiger partial charge in [-0.05, 0) is 19.1 Å². The number of rotatable bonds is 5. The summed E-state index contributed by atoms with van der Waals surface area (Å²) < 4.78 is 5.16. The number of hydrogen-bond acceptors (Lipinski definition) is 4. The van der Waals surface area contributed by atoms with E-state index in [9.17, 15) is 9.90 Å². The van der Waals surface area contributed by atoms with Gasteiger partial charge >= 0.3 is 0 Å². The first-order valence-corrected chi connectivity index (χ1v) is 5.38. The summed E-state index contributed by atoms with van der Waals surface area (Å²) in [7, 11) is 1.54. The molecule has 0 aliphatic rings. The van der Waals surface area contributed by atoms with Gasteiger partial charge in [0.15, 0.2) is 0 Å². The van der Waals surface area contributed by atoms with Crippen LogP contribution in [0.15, 0.2) is 18.2 Å². The first kappa shape index (κ1) is 13.5. The fourth-order valence-electron chi connectivity index (χ4n) is 1.51. The second-order valence-electron chi connectivity index (χ2n) is 3.77. The highest BCUT2D eigenvalue weighted by Crippen LogP contribution is 2.25. The zero-order chi connectivity index (χ0) is 12.8. The maximum atomic E-state index is 11.0. The Kier molecular flexibility index (Phi) is 4.93. The minimum absolute atomic E-state index is 0.0856. The Hall–Kier alpha value is -1.59. The molecule has 0 spiro atoms. The Morgan fingerprint density at radius 2 is 2.29 bits per heavy atom. The van der Waals surface area contributed by atoms with Crippen LogP contribution in [0.5, 0.6) is 5.75 Å². The summed E-state index contributed by atoms with van der Waals surface area (Å²) in [6, 6.07) is 5.52. The molecule has 1 rings (SSSR count). The van der Waals surface area contributed by atoms with E-state index in [0.29, 0.717) is 11.3 Å². The number of hydrogen-bond donors (Lipinski definition) is 3. The Bertz CT molecular complexity index is 393. The van der Waals surface area contributed by atoms with Crippen molar-refractivity contribution in [1.82, 2.24) is 5.32 Å². The molecule has 0 radical (unpaired) electrons. The van der Waals surface area contributed by atoms with Crippen molar-refractivity contribution in [1.29, 1.82) is 0 Å². The van der Waals surface area contributed by atoms with Crippen molar-refractivity contribution in [2.45, 2.75) is 13.0 Å². The van der Waals surface area contributed by atoms with Crippen LogP contribution in [0.25, 0.3) is 0 Å². The molecule has 0 aliphatic heterocycles. The van der Waals surface area contributed by atoms with Gasteiger partial charge in [0.25, 0.3) is 0 Å². The Morgan fingerprint density at radius 3 is 2.88 bits per heavy atom. The van der Waals surface area contributed by atoms with Gasteiger partial charge in [0.2, 0.25) is 5.91 Å². The van der Waals surface area contributed by atoms with E-state index in [-0.39, 0.29) is 19.0 Å². The Balaban J connectivity index is 2.76. The molecule has 0 bridgehead atoms. The molecular formula is C12H18N2O3. The molecule has 1 atom stereocenters. The van der Waals surface area contributed by atoms with E-state index in [1.165, 1.54) is 0 Å². The van der Waals surface area contributed by atoms with Crippen LogP contribution in [-0.2, 0) is 4.79 Å². The molecule has 0 saturated carbocycles. The zero-order valence-corrected chi connectivity index (χ0v) is 10.1. The van der Waals surface area contributed by atoms with E-state index in [2.05, 4.69) is 5.32 Å². The minimum Gasteiger partial charge on any atom is -0.496 e. The van der Waals surface area contributed by atoms with Gasteiger partial charge < -0.3 is 20.9 Å². The molecule has 1 unspecified atom stereocenters. The number of carbonyl (C=O) groups is 1. The first-order chi connectivity index (χ1) is 8.08. The van der Waals surface area contributed by atoms with Crippen LogP contribution in [0.2, 0.25) is 0 Å². The van der Waals surface area contributed by atoms with E-state index in [4.69, 9.17) is 10.5 Å². The highest BCUT2D eigenvalue weighted by molar-refractivity contribution is 5.77. The van der Waals surface area contributed by atoms with Crippen LogP contribution in [0.1, 0.15) is 17.2 Å². The third kappa shape index (κ3) is 3.72. The molecule has 5 heteroatoms. The zero-order valence-electron chi connectivity index (χ0n) is 10.1.